The third-order valence-electron chi connectivity index (χ3n) is 7.91. The Morgan fingerprint density at radius 3 is 1.82 bits per heavy atom. The van der Waals surface area contributed by atoms with Crippen molar-refractivity contribution in [1.82, 2.24) is 4.90 Å². The van der Waals surface area contributed by atoms with Crippen LogP contribution in [0.5, 0.6) is 0 Å². The predicted molar refractivity (Wildman–Crippen MR) is 157 cm³/mol. The Morgan fingerprint density at radius 1 is 0.605 bits per heavy atom. The zero-order valence-corrected chi connectivity index (χ0v) is 22.7. The third kappa shape index (κ3) is 3.61. The van der Waals surface area contributed by atoms with Gasteiger partial charge >= 0.3 is 0 Å². The number of likely N-dealkylation sites (N-methyl/N-ethyl adjacent to an activating group) is 1. The quantitative estimate of drug-likeness (QED) is 0.374. The van der Waals surface area contributed by atoms with Gasteiger partial charge in [-0.3, -0.25) is 9.59 Å². The molecule has 0 N–H and O–H groups in total. The molecule has 2 aliphatic rings. The van der Waals surface area contributed by atoms with Crippen LogP contribution in [-0.4, -0.2) is 78.1 Å². The number of hydrogen-bond donors (Lipinski definition) is 0. The average molecular weight is 508 g/mol. The number of carbonyl (C=O) groups is 2. The molecule has 7 nitrogen and oxygen atoms in total. The molecular weight excluding hydrogens is 474 g/mol. The molecule has 0 aliphatic carbocycles. The number of piperazine rings is 1. The highest BCUT2D eigenvalue weighted by Gasteiger charge is 2.36. The molecule has 7 heteroatoms. The van der Waals surface area contributed by atoms with E-state index in [0.717, 1.165) is 64.8 Å². The number of fused-ring (bicyclic) bond motifs is 1. The van der Waals surface area contributed by atoms with Crippen LogP contribution < -0.4 is 19.6 Å². The van der Waals surface area contributed by atoms with Crippen molar-refractivity contribution in [2.45, 2.75) is 0 Å². The second-order valence-corrected chi connectivity index (χ2v) is 10.7. The average Bonchev–Trinajstić information content (AvgIpc) is 2.91. The van der Waals surface area contributed by atoms with E-state index in [1.54, 1.807) is 0 Å². The van der Waals surface area contributed by atoms with Crippen LogP contribution in [0.1, 0.15) is 20.7 Å². The fourth-order valence-corrected chi connectivity index (χ4v) is 5.92. The van der Waals surface area contributed by atoms with Crippen molar-refractivity contribution in [3.63, 3.8) is 0 Å². The van der Waals surface area contributed by atoms with Crippen LogP contribution in [-0.2, 0) is 0 Å². The Kier molecular flexibility index (Phi) is 5.76. The van der Waals surface area contributed by atoms with Gasteiger partial charge in [0.1, 0.15) is 0 Å². The van der Waals surface area contributed by atoms with Gasteiger partial charge in [0.15, 0.2) is 0 Å². The summed E-state index contributed by atoms with van der Waals surface area (Å²) in [4.78, 5) is 38.4. The maximum absolute atomic E-state index is 14.1. The van der Waals surface area contributed by atoms with Gasteiger partial charge in [-0.15, -0.1) is 0 Å². The van der Waals surface area contributed by atoms with E-state index in [1.807, 2.05) is 76.7 Å². The number of carbonyl (C=O) groups excluding carboxylic acids is 2. The molecule has 0 bridgehead atoms. The molecule has 0 saturated carbocycles. The fourth-order valence-electron chi connectivity index (χ4n) is 5.92. The van der Waals surface area contributed by atoms with Gasteiger partial charge in [-0.1, -0.05) is 24.3 Å². The summed E-state index contributed by atoms with van der Waals surface area (Å²) < 4.78 is 0. The summed E-state index contributed by atoms with van der Waals surface area (Å²) in [7, 11) is 10.2. The van der Waals surface area contributed by atoms with E-state index in [4.69, 9.17) is 0 Å². The molecule has 1 fully saturated rings. The molecule has 4 aromatic carbocycles. The third-order valence-corrected chi connectivity index (χ3v) is 7.91. The lowest BCUT2D eigenvalue weighted by Gasteiger charge is -2.36. The van der Waals surface area contributed by atoms with E-state index in [0.29, 0.717) is 16.8 Å². The fraction of sp³-hybridized carbons (Fsp3) is 0.290. The molecule has 38 heavy (non-hydrogen) atoms. The minimum absolute atomic E-state index is 0.280. The van der Waals surface area contributed by atoms with E-state index in [-0.39, 0.29) is 11.8 Å². The van der Waals surface area contributed by atoms with Crippen LogP contribution in [0.25, 0.3) is 21.5 Å². The number of rotatable bonds is 4. The molecule has 194 valence electrons. The summed E-state index contributed by atoms with van der Waals surface area (Å²) in [5.41, 5.74) is 4.90. The van der Waals surface area contributed by atoms with E-state index >= 15 is 0 Å². The normalized spacial score (nSPS) is 16.0. The topological polar surface area (TPSA) is 50.3 Å². The van der Waals surface area contributed by atoms with Gasteiger partial charge in [0, 0.05) is 104 Å². The molecule has 6 rings (SSSR count). The number of amides is 2. The summed E-state index contributed by atoms with van der Waals surface area (Å²) in [5, 5.41) is 3.61. The summed E-state index contributed by atoms with van der Waals surface area (Å²) in [6.45, 7) is 3.81. The molecule has 0 unspecified atom stereocenters. The summed E-state index contributed by atoms with van der Waals surface area (Å²) >= 11 is 0. The van der Waals surface area contributed by atoms with E-state index in [9.17, 15) is 9.59 Å². The Hall–Kier alpha value is -4.10. The van der Waals surface area contributed by atoms with Crippen molar-refractivity contribution in [3.8, 4) is 0 Å². The molecule has 2 amide bonds. The first-order chi connectivity index (χ1) is 18.3. The van der Waals surface area contributed by atoms with Crippen molar-refractivity contribution >= 4 is 56.1 Å². The number of hydrogen-bond acceptors (Lipinski definition) is 6. The van der Waals surface area contributed by atoms with Crippen LogP contribution in [0, 0.1) is 0 Å². The minimum Gasteiger partial charge on any atom is -0.377 e. The number of benzene rings is 4. The van der Waals surface area contributed by atoms with Crippen LogP contribution in [0.4, 0.5) is 22.7 Å². The molecule has 4 aromatic rings. The van der Waals surface area contributed by atoms with Gasteiger partial charge < -0.3 is 19.6 Å². The van der Waals surface area contributed by atoms with Crippen molar-refractivity contribution < 1.29 is 9.59 Å². The highest BCUT2D eigenvalue weighted by atomic mass is 16.2. The summed E-state index contributed by atoms with van der Waals surface area (Å²) in [6.07, 6.45) is 0. The van der Waals surface area contributed by atoms with Crippen molar-refractivity contribution in [3.05, 3.63) is 71.8 Å². The Balaban J connectivity index is 1.53. The predicted octanol–water partition coefficient (Wildman–Crippen LogP) is 4.68. The van der Waals surface area contributed by atoms with Gasteiger partial charge in [-0.2, -0.15) is 0 Å². The molecule has 1 saturated heterocycles. The Bertz CT molecular complexity index is 1570. The lowest BCUT2D eigenvalue weighted by molar-refractivity contribution is 0.0894. The van der Waals surface area contributed by atoms with E-state index in [1.165, 1.54) is 4.90 Å². The van der Waals surface area contributed by atoms with Crippen LogP contribution >= 0.6 is 0 Å². The van der Waals surface area contributed by atoms with Gasteiger partial charge in [-0.25, -0.2) is 4.90 Å². The zero-order chi connectivity index (χ0) is 26.7. The summed E-state index contributed by atoms with van der Waals surface area (Å²) in [5.74, 6) is -0.560. The first kappa shape index (κ1) is 24.2. The molecule has 2 aliphatic heterocycles. The van der Waals surface area contributed by atoms with Crippen LogP contribution in [0.15, 0.2) is 60.7 Å². The Morgan fingerprint density at radius 2 is 1.16 bits per heavy atom. The van der Waals surface area contributed by atoms with Gasteiger partial charge in [0.25, 0.3) is 11.8 Å². The van der Waals surface area contributed by atoms with Crippen molar-refractivity contribution in [1.29, 1.82) is 0 Å². The maximum Gasteiger partial charge on any atom is 0.266 e. The maximum atomic E-state index is 14.1. The minimum atomic E-state index is -0.280. The largest absolute Gasteiger partial charge is 0.377 e. The van der Waals surface area contributed by atoms with Crippen LogP contribution in [0.2, 0.25) is 0 Å². The van der Waals surface area contributed by atoms with Gasteiger partial charge in [0.2, 0.25) is 0 Å². The van der Waals surface area contributed by atoms with Crippen molar-refractivity contribution in [2.24, 2.45) is 0 Å². The molecular formula is C31H33N5O2. The number of imide groups is 1. The Labute approximate surface area is 223 Å². The highest BCUT2D eigenvalue weighted by Crippen LogP contribution is 2.43. The SMILES string of the molecule is CN1CCN(c2ccc3c4c(cccc24)C(=O)N(c2ccc(N(C)C)c4c(N(C)C)cccc24)C3=O)CC1. The molecule has 0 spiro atoms. The molecule has 2 heterocycles. The second kappa shape index (κ2) is 9.03. The van der Waals surface area contributed by atoms with Crippen LogP contribution in [0.3, 0.4) is 0 Å². The number of anilines is 4. The van der Waals surface area contributed by atoms with E-state index < -0.39 is 0 Å². The lowest BCUT2D eigenvalue weighted by atomic mass is 9.91. The smallest absolute Gasteiger partial charge is 0.266 e. The second-order valence-electron chi connectivity index (χ2n) is 10.7. The standard InChI is InChI=1S/C31H33N5O2/c1-32(2)26-11-7-9-21-25(14-15-27(29(21)26)33(3)4)36-30(37)22-10-6-8-20-24(35-18-16-34(5)17-19-35)13-12-23(28(20)22)31(36)38/h6-15H,16-19H2,1-5H3. The highest BCUT2D eigenvalue weighted by molar-refractivity contribution is 6.38. The molecule has 0 aromatic heterocycles. The molecule has 0 radical (unpaired) electrons. The first-order valence-corrected chi connectivity index (χ1v) is 13.1. The monoisotopic (exact) mass is 507 g/mol. The van der Waals surface area contributed by atoms with Crippen molar-refractivity contribution in [2.75, 3.05) is 81.0 Å². The number of nitrogens with zero attached hydrogens (tertiary/aromatic N) is 5. The summed E-state index contributed by atoms with van der Waals surface area (Å²) in [6, 6.07) is 19.7. The van der Waals surface area contributed by atoms with Gasteiger partial charge in [0.05, 0.1) is 5.69 Å². The molecule has 0 atom stereocenters. The lowest BCUT2D eigenvalue weighted by Crippen LogP contribution is -2.45. The zero-order valence-electron chi connectivity index (χ0n) is 22.7. The van der Waals surface area contributed by atoms with Gasteiger partial charge in [-0.05, 0) is 43.4 Å². The van der Waals surface area contributed by atoms with E-state index in [2.05, 4.69) is 38.8 Å². The first-order valence-electron chi connectivity index (χ1n) is 13.1.